The number of hydrogen-bond acceptors (Lipinski definition) is 0. The van der Waals surface area contributed by atoms with Crippen LogP contribution in [0.25, 0.3) is 0 Å². The number of nitrogens with zero attached hydrogens (tertiary/aromatic N) is 4. The molecular formula is C16H30N4+2. The molecule has 0 N–H and O–H groups in total. The zero-order valence-electron chi connectivity index (χ0n) is 13.8. The van der Waals surface area contributed by atoms with Gasteiger partial charge in [0.1, 0.15) is 24.8 Å². The van der Waals surface area contributed by atoms with Crippen LogP contribution in [-0.2, 0) is 20.6 Å². The van der Waals surface area contributed by atoms with Gasteiger partial charge in [0.05, 0.1) is 26.7 Å². The second-order valence-electron chi connectivity index (χ2n) is 5.95. The van der Waals surface area contributed by atoms with Crippen molar-refractivity contribution >= 4 is 0 Å². The molecule has 0 aliphatic heterocycles. The molecule has 1 atom stereocenters. The monoisotopic (exact) mass is 278 g/mol. The average molecular weight is 278 g/mol. The first-order valence-corrected chi connectivity index (χ1v) is 7.46. The fourth-order valence-corrected chi connectivity index (χ4v) is 1.97. The molecule has 0 spiro atoms. The van der Waals surface area contributed by atoms with Gasteiger partial charge in [-0.1, -0.05) is 20.8 Å². The van der Waals surface area contributed by atoms with E-state index in [4.69, 9.17) is 0 Å². The van der Waals surface area contributed by atoms with Gasteiger partial charge in [-0.25, -0.2) is 18.3 Å². The number of aromatic nitrogens is 4. The summed E-state index contributed by atoms with van der Waals surface area (Å²) in [5.74, 6) is 0.729. The predicted octanol–water partition coefficient (Wildman–Crippen LogP) is 2.25. The molecule has 0 saturated carbocycles. The highest BCUT2D eigenvalue weighted by atomic mass is 15.1. The molecule has 0 saturated heterocycles. The summed E-state index contributed by atoms with van der Waals surface area (Å²) >= 11 is 0. The van der Waals surface area contributed by atoms with Crippen molar-refractivity contribution in [3.63, 3.8) is 0 Å². The molecule has 4 heteroatoms. The van der Waals surface area contributed by atoms with Gasteiger partial charge in [-0.05, 0) is 19.3 Å². The van der Waals surface area contributed by atoms with E-state index >= 15 is 0 Å². The molecule has 0 amide bonds. The van der Waals surface area contributed by atoms with Crippen LogP contribution in [0.1, 0.15) is 40.2 Å². The minimum atomic E-state index is 0.626. The Labute approximate surface area is 123 Å². The molecule has 2 rings (SSSR count). The summed E-state index contributed by atoms with van der Waals surface area (Å²) in [6, 6.07) is 0.626. The van der Waals surface area contributed by atoms with Gasteiger partial charge >= 0.3 is 0 Å². The van der Waals surface area contributed by atoms with Crippen molar-refractivity contribution in [2.45, 2.75) is 46.7 Å². The quantitative estimate of drug-likeness (QED) is 0.764. The lowest BCUT2D eigenvalue weighted by Crippen LogP contribution is -2.24. The highest BCUT2D eigenvalue weighted by Gasteiger charge is 2.06. The van der Waals surface area contributed by atoms with Crippen molar-refractivity contribution in [2.24, 2.45) is 20.0 Å². The first-order chi connectivity index (χ1) is 9.42. The average Bonchev–Trinajstić information content (AvgIpc) is 2.97. The van der Waals surface area contributed by atoms with Crippen LogP contribution in [0.4, 0.5) is 0 Å². The van der Waals surface area contributed by atoms with Crippen LogP contribution in [0.3, 0.4) is 0 Å². The van der Waals surface area contributed by atoms with Crippen LogP contribution in [0.2, 0.25) is 0 Å². The number of aryl methyl sites for hydroxylation is 2. The summed E-state index contributed by atoms with van der Waals surface area (Å²) in [6.07, 6.45) is 13.7. The zero-order valence-corrected chi connectivity index (χ0v) is 13.8. The van der Waals surface area contributed by atoms with Crippen LogP contribution < -0.4 is 9.13 Å². The Morgan fingerprint density at radius 2 is 1.55 bits per heavy atom. The van der Waals surface area contributed by atoms with E-state index in [9.17, 15) is 0 Å². The molecule has 0 radical (unpaired) electrons. The van der Waals surface area contributed by atoms with Crippen molar-refractivity contribution in [1.29, 1.82) is 0 Å². The van der Waals surface area contributed by atoms with Crippen molar-refractivity contribution in [3.05, 3.63) is 37.4 Å². The van der Waals surface area contributed by atoms with Gasteiger partial charge < -0.3 is 0 Å². The van der Waals surface area contributed by atoms with Crippen molar-refractivity contribution in [1.82, 2.24) is 9.13 Å². The molecule has 20 heavy (non-hydrogen) atoms. The maximum absolute atomic E-state index is 2.22. The van der Waals surface area contributed by atoms with Gasteiger partial charge in [0.15, 0.2) is 0 Å². The molecule has 0 aromatic carbocycles. The highest BCUT2D eigenvalue weighted by Crippen LogP contribution is 2.06. The largest absolute Gasteiger partial charge is 0.243 e. The van der Waals surface area contributed by atoms with Gasteiger partial charge in [-0.2, -0.15) is 0 Å². The van der Waals surface area contributed by atoms with E-state index in [0.717, 1.165) is 12.5 Å². The maximum Gasteiger partial charge on any atom is 0.243 e. The lowest BCUT2D eigenvalue weighted by molar-refractivity contribution is -0.671. The summed E-state index contributed by atoms with van der Waals surface area (Å²) in [7, 11) is 4.08. The second-order valence-corrected chi connectivity index (χ2v) is 5.95. The molecule has 1 unspecified atom stereocenters. The lowest BCUT2D eigenvalue weighted by atomic mass is 10.2. The normalized spacial score (nSPS) is 12.2. The summed E-state index contributed by atoms with van der Waals surface area (Å²) < 4.78 is 8.54. The smallest absolute Gasteiger partial charge is 0.240 e. The van der Waals surface area contributed by atoms with Crippen LogP contribution in [0.15, 0.2) is 37.4 Å². The fourth-order valence-electron chi connectivity index (χ4n) is 1.97. The molecule has 2 aromatic rings. The Morgan fingerprint density at radius 1 is 0.950 bits per heavy atom. The molecule has 112 valence electrons. The van der Waals surface area contributed by atoms with E-state index in [1.807, 2.05) is 14.1 Å². The molecule has 0 bridgehead atoms. The Kier molecular flexibility index (Phi) is 6.49. The van der Waals surface area contributed by atoms with Gasteiger partial charge in [0, 0.05) is 0 Å². The van der Waals surface area contributed by atoms with E-state index in [-0.39, 0.29) is 0 Å². The Bertz CT molecular complexity index is 496. The van der Waals surface area contributed by atoms with Crippen molar-refractivity contribution < 1.29 is 9.13 Å². The molecule has 0 aliphatic carbocycles. The molecule has 2 aromatic heterocycles. The first-order valence-electron chi connectivity index (χ1n) is 7.46. The van der Waals surface area contributed by atoms with Crippen LogP contribution >= 0.6 is 0 Å². The van der Waals surface area contributed by atoms with Crippen LogP contribution in [0, 0.1) is 5.92 Å². The summed E-state index contributed by atoms with van der Waals surface area (Å²) in [6.45, 7) is 9.98. The van der Waals surface area contributed by atoms with Gasteiger partial charge in [-0.15, -0.1) is 0 Å². The molecule has 0 fully saturated rings. The van der Waals surface area contributed by atoms with Crippen molar-refractivity contribution in [3.8, 4) is 0 Å². The summed E-state index contributed by atoms with van der Waals surface area (Å²) in [5, 5.41) is 0. The first kappa shape index (κ1) is 16.5. The van der Waals surface area contributed by atoms with E-state index < -0.39 is 0 Å². The Balaban J connectivity index is 0.000000200. The fraction of sp³-hybridized carbons (Fsp3) is 0.625. The zero-order chi connectivity index (χ0) is 15.1. The maximum atomic E-state index is 2.22. The SMILES string of the molecule is CC(C)Cn1cc[n+](C)c1.CCC(C)n1cc[n+](C)c1. The Hall–Kier alpha value is -1.58. The third-order valence-electron chi connectivity index (χ3n) is 3.29. The summed E-state index contributed by atoms with van der Waals surface area (Å²) in [5.41, 5.74) is 0. The molecule has 0 aliphatic rings. The third-order valence-corrected chi connectivity index (χ3v) is 3.29. The predicted molar refractivity (Wildman–Crippen MR) is 81.1 cm³/mol. The topological polar surface area (TPSA) is 17.6 Å². The van der Waals surface area contributed by atoms with Crippen LogP contribution in [-0.4, -0.2) is 9.13 Å². The number of imidazole rings is 2. The van der Waals surface area contributed by atoms with E-state index in [1.54, 1.807) is 0 Å². The minimum absolute atomic E-state index is 0.626. The van der Waals surface area contributed by atoms with Crippen molar-refractivity contribution in [2.75, 3.05) is 0 Å². The third kappa shape index (κ3) is 5.59. The van der Waals surface area contributed by atoms with Gasteiger partial charge in [0.25, 0.3) is 0 Å². The van der Waals surface area contributed by atoms with Crippen LogP contribution in [0.5, 0.6) is 0 Å². The van der Waals surface area contributed by atoms with Gasteiger partial charge in [0.2, 0.25) is 12.7 Å². The molecule has 4 nitrogen and oxygen atoms in total. The Morgan fingerprint density at radius 3 is 1.95 bits per heavy atom. The second kappa shape index (κ2) is 7.88. The number of rotatable bonds is 4. The van der Waals surface area contributed by atoms with E-state index in [2.05, 4.69) is 83.4 Å². The standard InChI is InChI=1S/2C8H15N2/c1-8(2)6-10-5-4-9(3)7-10;1-4-8(2)10-6-5-9(3)7-10/h4-5,7-8H,6H2,1-3H3;5-8H,4H2,1-3H3/q2*+1. The van der Waals surface area contributed by atoms with Gasteiger partial charge in [-0.3, -0.25) is 0 Å². The molecular weight excluding hydrogens is 248 g/mol. The number of hydrogen-bond donors (Lipinski definition) is 0. The summed E-state index contributed by atoms with van der Waals surface area (Å²) in [4.78, 5) is 0. The molecule has 2 heterocycles. The van der Waals surface area contributed by atoms with E-state index in [0.29, 0.717) is 6.04 Å². The minimum Gasteiger partial charge on any atom is -0.240 e. The lowest BCUT2D eigenvalue weighted by Gasteiger charge is -2.01. The van der Waals surface area contributed by atoms with E-state index in [1.165, 1.54) is 6.42 Å². The highest BCUT2D eigenvalue weighted by molar-refractivity contribution is 4.71.